The zero-order chi connectivity index (χ0) is 4.50. The van der Waals surface area contributed by atoms with E-state index < -0.39 is 7.25 Å². The molecular formula is HBCoF4. The molecule has 6 heteroatoms. The smallest absolute Gasteiger partial charge is 0.418 e. The first-order valence-corrected chi connectivity index (χ1v) is 0.873. The summed E-state index contributed by atoms with van der Waals surface area (Å²) in [5, 5.41) is 0. The van der Waals surface area contributed by atoms with Crippen molar-refractivity contribution in [1.82, 2.24) is 0 Å². The summed E-state index contributed by atoms with van der Waals surface area (Å²) in [5.41, 5.74) is 0. The van der Waals surface area contributed by atoms with Gasteiger partial charge >= 0.3 is 8.68 Å². The number of halogens is 4. The van der Waals surface area contributed by atoms with E-state index in [9.17, 15) is 17.3 Å². The zero-order valence-electron chi connectivity index (χ0n) is 3.42. The Labute approximate surface area is 43.7 Å². The summed E-state index contributed by atoms with van der Waals surface area (Å²) in [7, 11) is -6.00. The van der Waals surface area contributed by atoms with E-state index in [4.69, 9.17) is 0 Å². The molecule has 0 aliphatic heterocycles. The first kappa shape index (κ1) is 9.57. The van der Waals surface area contributed by atoms with Crippen LogP contribution >= 0.6 is 0 Å². The molecule has 0 saturated carbocycles. The van der Waals surface area contributed by atoms with Gasteiger partial charge in [-0.2, -0.15) is 0 Å². The molecule has 0 bridgehead atoms. The molecule has 0 unspecified atom stereocenters. The minimum Gasteiger partial charge on any atom is -0.418 e. The zero-order valence-corrected chi connectivity index (χ0v) is 3.46. The van der Waals surface area contributed by atoms with E-state index in [-0.39, 0.29) is 18.2 Å². The Balaban J connectivity index is -0.0000000800. The molecule has 0 aromatic carbocycles. The molecule has 0 saturated heterocycles. The fraction of sp³-hybridized carbons (Fsp3) is 0. The summed E-state index contributed by atoms with van der Waals surface area (Å²) in [5.74, 6) is 0. The van der Waals surface area contributed by atoms with Gasteiger partial charge in [0.15, 0.2) is 0 Å². The maximum Gasteiger partial charge on any atom is 1.00 e. The Kier molecular flexibility index (Phi) is 3.92. The normalized spacial score (nSPS) is 10.0. The molecular weight excluding hydrogens is 146 g/mol. The number of hydrogen-bond donors (Lipinski definition) is 0. The second-order valence-electron chi connectivity index (χ2n) is 0.495. The van der Waals surface area contributed by atoms with Gasteiger partial charge in [-0.05, 0) is 0 Å². The van der Waals surface area contributed by atoms with Gasteiger partial charge < -0.3 is 17.3 Å². The summed E-state index contributed by atoms with van der Waals surface area (Å²) in [6, 6.07) is 0. The van der Waals surface area contributed by atoms with E-state index in [1.807, 2.05) is 0 Å². The van der Waals surface area contributed by atoms with Crippen LogP contribution in [-0.4, -0.2) is 7.25 Å². The van der Waals surface area contributed by atoms with Gasteiger partial charge in [-0.25, -0.2) is 0 Å². The van der Waals surface area contributed by atoms with Crippen LogP contribution in [0.25, 0.3) is 0 Å². The monoisotopic (exact) mass is 147 g/mol. The second-order valence-corrected chi connectivity index (χ2v) is 0.495. The van der Waals surface area contributed by atoms with Gasteiger partial charge in [0.25, 0.3) is 0 Å². The predicted octanol–water partition coefficient (Wildman–Crippen LogP) is 1.41. The van der Waals surface area contributed by atoms with Gasteiger partial charge in [0.1, 0.15) is 0 Å². The molecule has 0 aliphatic rings. The standard InChI is InChI=1S/BF4.Co/c2-1(3,4)5;/q-1;/p+1. The molecule has 0 heterocycles. The minimum atomic E-state index is -6.00. The molecule has 0 atom stereocenters. The predicted molar refractivity (Wildman–Crippen MR) is 11.3 cm³/mol. The van der Waals surface area contributed by atoms with Crippen molar-refractivity contribution in [2.45, 2.75) is 0 Å². The van der Waals surface area contributed by atoms with Gasteiger partial charge in [-0.15, -0.1) is 0 Å². The van der Waals surface area contributed by atoms with E-state index in [1.54, 1.807) is 0 Å². The minimum absolute atomic E-state index is 0. The molecule has 0 spiro atoms. The molecule has 41 valence electrons. The van der Waals surface area contributed by atoms with Crippen LogP contribution in [0.1, 0.15) is 1.43 Å². The van der Waals surface area contributed by atoms with Crippen molar-refractivity contribution in [2.75, 3.05) is 0 Å². The van der Waals surface area contributed by atoms with E-state index in [0.29, 0.717) is 0 Å². The van der Waals surface area contributed by atoms with E-state index in [2.05, 4.69) is 0 Å². The van der Waals surface area contributed by atoms with Gasteiger partial charge in [0.2, 0.25) is 0 Å². The second kappa shape index (κ2) is 2.46. The molecule has 1 radical (unpaired) electrons. The van der Waals surface area contributed by atoms with Crippen LogP contribution in [0.3, 0.4) is 0 Å². The van der Waals surface area contributed by atoms with Crippen LogP contribution in [0.2, 0.25) is 0 Å². The molecule has 0 N–H and O–H groups in total. The van der Waals surface area contributed by atoms with Crippen molar-refractivity contribution in [3.63, 3.8) is 0 Å². The van der Waals surface area contributed by atoms with Crippen LogP contribution in [-0.2, 0) is 16.8 Å². The molecule has 0 aromatic heterocycles. The van der Waals surface area contributed by atoms with Crippen LogP contribution < -0.4 is 0 Å². The third-order valence-electron chi connectivity index (χ3n) is 0. The van der Waals surface area contributed by atoms with E-state index in [1.165, 1.54) is 0 Å². The van der Waals surface area contributed by atoms with Crippen LogP contribution in [0, 0.1) is 0 Å². The maximum atomic E-state index is 9.75. The SMILES string of the molecule is F[B-](F)(F)F.[Co].[H+]. The van der Waals surface area contributed by atoms with E-state index in [0.717, 1.165) is 0 Å². The Bertz CT molecular complexity index is 27.2. The molecule has 6 heavy (non-hydrogen) atoms. The van der Waals surface area contributed by atoms with Crippen molar-refractivity contribution in [3.8, 4) is 0 Å². The molecule has 0 amide bonds. The van der Waals surface area contributed by atoms with Gasteiger partial charge in [-0.3, -0.25) is 0 Å². The molecule has 0 aliphatic carbocycles. The third-order valence-corrected chi connectivity index (χ3v) is 0. The fourth-order valence-corrected chi connectivity index (χ4v) is 0. The van der Waals surface area contributed by atoms with Crippen LogP contribution in [0.15, 0.2) is 0 Å². The summed E-state index contributed by atoms with van der Waals surface area (Å²) in [6.45, 7) is 0. The average molecular weight is 147 g/mol. The number of rotatable bonds is 0. The van der Waals surface area contributed by atoms with Crippen LogP contribution in [0.4, 0.5) is 17.3 Å². The summed E-state index contributed by atoms with van der Waals surface area (Å²) in [6.07, 6.45) is 0. The largest absolute Gasteiger partial charge is 1.00 e. The maximum absolute atomic E-state index is 9.75. The molecule has 0 nitrogen and oxygen atoms in total. The van der Waals surface area contributed by atoms with Crippen molar-refractivity contribution < 1.29 is 35.5 Å². The topological polar surface area (TPSA) is 0 Å². The summed E-state index contributed by atoms with van der Waals surface area (Å²) >= 11 is 0. The molecule has 0 aromatic rings. The fourth-order valence-electron chi connectivity index (χ4n) is 0. The van der Waals surface area contributed by atoms with Crippen molar-refractivity contribution in [2.24, 2.45) is 0 Å². The Morgan fingerprint density at radius 1 is 1.00 bits per heavy atom. The van der Waals surface area contributed by atoms with Crippen LogP contribution in [0.5, 0.6) is 0 Å². The van der Waals surface area contributed by atoms with E-state index >= 15 is 0 Å². The summed E-state index contributed by atoms with van der Waals surface area (Å²) in [4.78, 5) is 0. The quantitative estimate of drug-likeness (QED) is 0.358. The first-order chi connectivity index (χ1) is 2.00. The third kappa shape index (κ3) is 547. The Morgan fingerprint density at radius 3 is 1.00 bits per heavy atom. The van der Waals surface area contributed by atoms with Gasteiger partial charge in [-0.1, -0.05) is 0 Å². The molecule has 0 rings (SSSR count). The summed E-state index contributed by atoms with van der Waals surface area (Å²) < 4.78 is 39.0. The Hall–Kier alpha value is 0.291. The Morgan fingerprint density at radius 2 is 1.00 bits per heavy atom. The average Bonchev–Trinajstić information content (AvgIpc) is 0.722. The first-order valence-electron chi connectivity index (χ1n) is 0.873. The van der Waals surface area contributed by atoms with Gasteiger partial charge in [0.05, 0.1) is 0 Å². The number of hydrogen-bond acceptors (Lipinski definition) is 0. The van der Waals surface area contributed by atoms with Crippen molar-refractivity contribution in [1.29, 1.82) is 0 Å². The van der Waals surface area contributed by atoms with Gasteiger partial charge in [0, 0.05) is 16.8 Å². The van der Waals surface area contributed by atoms with Crippen molar-refractivity contribution >= 4 is 7.25 Å². The van der Waals surface area contributed by atoms with Crippen molar-refractivity contribution in [3.05, 3.63) is 0 Å². The molecule has 0 fully saturated rings.